The first kappa shape index (κ1) is 30.7. The Morgan fingerprint density at radius 2 is 1.79 bits per heavy atom. The molecule has 0 radical (unpaired) electrons. The van der Waals surface area contributed by atoms with Gasteiger partial charge in [0, 0.05) is 17.7 Å². The van der Waals surface area contributed by atoms with Crippen molar-refractivity contribution < 1.29 is 14.3 Å². The van der Waals surface area contributed by atoms with E-state index in [4.69, 9.17) is 45.3 Å². The number of esters is 1. The minimum Gasteiger partial charge on any atom is -0.453 e. The van der Waals surface area contributed by atoms with E-state index in [2.05, 4.69) is 20.6 Å². The monoisotopic (exact) mass is 607 g/mol. The number of aliphatic imine (C=N–C) groups is 1. The molecule has 1 heterocycles. The number of pyridine rings is 1. The minimum absolute atomic E-state index is 0.0941. The molecule has 1 amide bonds. The van der Waals surface area contributed by atoms with E-state index in [-0.39, 0.29) is 17.0 Å². The van der Waals surface area contributed by atoms with Crippen molar-refractivity contribution in [1.82, 2.24) is 15.6 Å². The molecule has 0 aliphatic heterocycles. The average molecular weight is 609 g/mol. The number of aromatic nitrogens is 1. The second-order valence-electron chi connectivity index (χ2n) is 8.64. The molecule has 0 aliphatic carbocycles. The van der Waals surface area contributed by atoms with Crippen LogP contribution < -0.4 is 16.4 Å². The Bertz CT molecular complexity index is 1330. The lowest BCUT2D eigenvalue weighted by atomic mass is 10.1. The molecular weight excluding hydrogens is 581 g/mol. The number of halogens is 3. The highest BCUT2D eigenvalue weighted by molar-refractivity contribution is 8.13. The van der Waals surface area contributed by atoms with Gasteiger partial charge in [-0.3, -0.25) is 14.6 Å². The van der Waals surface area contributed by atoms with Crippen LogP contribution in [0, 0.1) is 5.92 Å². The number of nitrogens with zero attached hydrogens (tertiary/aromatic N) is 2. The quantitative estimate of drug-likeness (QED) is 0.0727. The smallest absolute Gasteiger partial charge is 0.324 e. The lowest BCUT2D eigenvalue weighted by molar-refractivity contribution is -0.144. The molecule has 0 aliphatic rings. The third-order valence-electron chi connectivity index (χ3n) is 5.33. The van der Waals surface area contributed by atoms with Crippen molar-refractivity contribution in [3.63, 3.8) is 0 Å². The number of amides is 1. The summed E-state index contributed by atoms with van der Waals surface area (Å²) in [5.74, 6) is -1.28. The number of alkyl halides is 3. The molecule has 39 heavy (non-hydrogen) atoms. The molecule has 2 atom stereocenters. The first-order valence-corrected chi connectivity index (χ1v) is 14.0. The van der Waals surface area contributed by atoms with Crippen LogP contribution in [-0.2, 0) is 14.3 Å². The molecule has 8 nitrogen and oxygen atoms in total. The molecule has 2 aromatic carbocycles. The second kappa shape index (κ2) is 14.5. The van der Waals surface area contributed by atoms with Gasteiger partial charge in [0.2, 0.25) is 9.70 Å². The van der Waals surface area contributed by atoms with Crippen LogP contribution in [0.2, 0.25) is 0 Å². The second-order valence-corrected chi connectivity index (χ2v) is 11.9. The highest BCUT2D eigenvalue weighted by Crippen LogP contribution is 2.30. The van der Waals surface area contributed by atoms with Gasteiger partial charge in [-0.15, -0.1) is 0 Å². The number of ether oxygens (including phenoxy) is 1. The maximum absolute atomic E-state index is 12.7. The summed E-state index contributed by atoms with van der Waals surface area (Å²) in [4.78, 5) is 34.0. The SMILES string of the molecule is CC(C)[C@H](N)C(=O)OCS/C(=N/c1cccc2cccnc12)NC(NC(=O)/C=C/c1ccccc1)C(Cl)(Cl)Cl. The summed E-state index contributed by atoms with van der Waals surface area (Å²) < 4.78 is 3.35. The van der Waals surface area contributed by atoms with E-state index in [1.807, 2.05) is 68.4 Å². The zero-order valence-electron chi connectivity index (χ0n) is 21.2. The maximum atomic E-state index is 12.7. The van der Waals surface area contributed by atoms with Gasteiger partial charge in [-0.05, 0) is 41.5 Å². The summed E-state index contributed by atoms with van der Waals surface area (Å²) in [5.41, 5.74) is 7.87. The molecule has 3 rings (SSSR count). The Kier molecular flexibility index (Phi) is 11.4. The van der Waals surface area contributed by atoms with Crippen molar-refractivity contribution in [3.8, 4) is 0 Å². The first-order valence-electron chi connectivity index (χ1n) is 11.9. The van der Waals surface area contributed by atoms with E-state index in [1.54, 1.807) is 18.3 Å². The van der Waals surface area contributed by atoms with Gasteiger partial charge in [-0.1, -0.05) is 97.2 Å². The van der Waals surface area contributed by atoms with E-state index < -0.39 is 27.9 Å². The number of nitrogens with one attached hydrogen (secondary N) is 2. The van der Waals surface area contributed by atoms with Gasteiger partial charge in [0.15, 0.2) is 5.17 Å². The molecular formula is C27H28Cl3N5O3S. The third-order valence-corrected chi connectivity index (χ3v) is 6.70. The predicted octanol–water partition coefficient (Wildman–Crippen LogP) is 5.56. The average Bonchev–Trinajstić information content (AvgIpc) is 2.91. The summed E-state index contributed by atoms with van der Waals surface area (Å²) in [7, 11) is 0. The van der Waals surface area contributed by atoms with Crippen LogP contribution in [-0.4, -0.2) is 44.0 Å². The van der Waals surface area contributed by atoms with Crippen LogP contribution in [0.15, 0.2) is 77.9 Å². The fraction of sp³-hybridized carbons (Fsp3) is 0.259. The minimum atomic E-state index is -1.97. The van der Waals surface area contributed by atoms with Crippen molar-refractivity contribution in [3.05, 3.63) is 78.5 Å². The number of rotatable bonds is 9. The van der Waals surface area contributed by atoms with Crippen molar-refractivity contribution in [2.24, 2.45) is 16.6 Å². The van der Waals surface area contributed by atoms with Crippen molar-refractivity contribution in [1.29, 1.82) is 0 Å². The molecule has 0 saturated carbocycles. The molecule has 0 fully saturated rings. The number of carbonyl (C=O) groups excluding carboxylic acids is 2. The fourth-order valence-corrected chi connectivity index (χ4v) is 4.13. The lowest BCUT2D eigenvalue weighted by Gasteiger charge is -2.27. The standard InChI is InChI=1S/C27H28Cl3N5O3S/c1-17(2)22(31)24(37)38-16-39-26(33-20-12-6-10-19-11-7-15-32-23(19)20)35-25(27(28,29)30)34-21(36)14-13-18-8-4-3-5-9-18/h3-15,17,22,25H,16,31H2,1-2H3,(H,33,35)(H,34,36)/b14-13+/t22-,25?/m0/s1. The van der Waals surface area contributed by atoms with Gasteiger partial charge >= 0.3 is 5.97 Å². The summed E-state index contributed by atoms with van der Waals surface area (Å²) in [6.45, 7) is 3.64. The molecule has 12 heteroatoms. The maximum Gasteiger partial charge on any atom is 0.324 e. The van der Waals surface area contributed by atoms with E-state index >= 15 is 0 Å². The summed E-state index contributed by atoms with van der Waals surface area (Å²) in [6.07, 6.45) is 3.42. The van der Waals surface area contributed by atoms with Crippen LogP contribution >= 0.6 is 46.6 Å². The third kappa shape index (κ3) is 9.70. The van der Waals surface area contributed by atoms with E-state index in [9.17, 15) is 9.59 Å². The Morgan fingerprint density at radius 1 is 1.08 bits per heavy atom. The van der Waals surface area contributed by atoms with Gasteiger partial charge in [0.05, 0.1) is 11.2 Å². The zero-order chi connectivity index (χ0) is 28.4. The predicted molar refractivity (Wildman–Crippen MR) is 161 cm³/mol. The zero-order valence-corrected chi connectivity index (χ0v) is 24.3. The largest absolute Gasteiger partial charge is 0.453 e. The van der Waals surface area contributed by atoms with Crippen LogP contribution in [0.5, 0.6) is 0 Å². The van der Waals surface area contributed by atoms with Crippen LogP contribution in [0.25, 0.3) is 17.0 Å². The van der Waals surface area contributed by atoms with Gasteiger partial charge in [-0.2, -0.15) is 0 Å². The summed E-state index contributed by atoms with van der Waals surface area (Å²) in [5, 5.41) is 6.69. The van der Waals surface area contributed by atoms with E-state index in [0.29, 0.717) is 11.2 Å². The molecule has 1 aromatic heterocycles. The van der Waals surface area contributed by atoms with Crippen molar-refractivity contribution in [2.45, 2.75) is 29.8 Å². The van der Waals surface area contributed by atoms with Gasteiger partial charge in [0.1, 0.15) is 18.1 Å². The van der Waals surface area contributed by atoms with Crippen molar-refractivity contribution in [2.75, 3.05) is 5.94 Å². The van der Waals surface area contributed by atoms with Gasteiger partial charge in [0.25, 0.3) is 0 Å². The Labute approximate surface area is 246 Å². The van der Waals surface area contributed by atoms with Crippen LogP contribution in [0.3, 0.4) is 0 Å². The topological polar surface area (TPSA) is 119 Å². The highest BCUT2D eigenvalue weighted by Gasteiger charge is 2.35. The Balaban J connectivity index is 1.85. The number of thioether (sulfide) groups is 1. The van der Waals surface area contributed by atoms with Crippen molar-refractivity contribution >= 4 is 86.3 Å². The fourth-order valence-electron chi connectivity index (χ4n) is 3.16. The van der Waals surface area contributed by atoms with E-state index in [0.717, 1.165) is 22.7 Å². The molecule has 0 spiro atoms. The molecule has 3 aromatic rings. The van der Waals surface area contributed by atoms with Crippen LogP contribution in [0.4, 0.5) is 5.69 Å². The number of fused-ring (bicyclic) bond motifs is 1. The highest BCUT2D eigenvalue weighted by atomic mass is 35.6. The van der Waals surface area contributed by atoms with Gasteiger partial charge in [-0.25, -0.2) is 4.99 Å². The van der Waals surface area contributed by atoms with Crippen LogP contribution in [0.1, 0.15) is 19.4 Å². The number of hydrogen-bond donors (Lipinski definition) is 3. The number of para-hydroxylation sites is 1. The molecule has 0 saturated heterocycles. The first-order chi connectivity index (χ1) is 18.5. The molecule has 1 unspecified atom stereocenters. The van der Waals surface area contributed by atoms with Gasteiger partial charge < -0.3 is 21.1 Å². The molecule has 4 N–H and O–H groups in total. The Hall–Kier alpha value is -2.82. The number of carbonyl (C=O) groups is 2. The molecule has 0 bridgehead atoms. The number of nitrogens with two attached hydrogens (primary N) is 1. The summed E-state index contributed by atoms with van der Waals surface area (Å²) >= 11 is 19.7. The summed E-state index contributed by atoms with van der Waals surface area (Å²) in [6, 6.07) is 17.7. The Morgan fingerprint density at radius 3 is 2.49 bits per heavy atom. The molecule has 206 valence electrons. The number of amidine groups is 1. The van der Waals surface area contributed by atoms with E-state index in [1.165, 1.54) is 6.08 Å². The number of benzene rings is 2. The lowest BCUT2D eigenvalue weighted by Crippen LogP contribution is -2.54. The number of hydrogen-bond acceptors (Lipinski definition) is 7. The normalized spacial score (nSPS) is 13.9.